The van der Waals surface area contributed by atoms with E-state index in [1.165, 1.54) is 11.4 Å². The first-order valence-electron chi connectivity index (χ1n) is 5.35. The third kappa shape index (κ3) is 2.56. The smallest absolute Gasteiger partial charge is 0.0411 e. The Kier molecular flexibility index (Phi) is 3.84. The maximum absolute atomic E-state index is 5.85. The molecule has 0 bridgehead atoms. The molecule has 16 heavy (non-hydrogen) atoms. The van der Waals surface area contributed by atoms with E-state index in [1.54, 1.807) is 0 Å². The summed E-state index contributed by atoms with van der Waals surface area (Å²) in [7, 11) is 0. The van der Waals surface area contributed by atoms with Crippen LogP contribution in [0, 0.1) is 0 Å². The van der Waals surface area contributed by atoms with Gasteiger partial charge in [0.05, 0.1) is 0 Å². The highest BCUT2D eigenvalue weighted by molar-refractivity contribution is 6.18. The van der Waals surface area contributed by atoms with E-state index in [2.05, 4.69) is 29.2 Å². The summed E-state index contributed by atoms with van der Waals surface area (Å²) in [4.78, 5) is 2.22. The molecule has 2 aromatic carbocycles. The van der Waals surface area contributed by atoms with Crippen molar-refractivity contribution in [2.75, 3.05) is 17.3 Å². The van der Waals surface area contributed by atoms with E-state index in [1.807, 2.05) is 36.4 Å². The van der Waals surface area contributed by atoms with E-state index in [0.717, 1.165) is 6.54 Å². The van der Waals surface area contributed by atoms with Crippen LogP contribution in [0.5, 0.6) is 0 Å². The van der Waals surface area contributed by atoms with Gasteiger partial charge >= 0.3 is 0 Å². The highest BCUT2D eigenvalue weighted by Gasteiger charge is 2.06. The standard InChI is InChI=1S/C14H14ClN/c15-11-12-16(13-7-3-1-4-8-13)14-9-5-2-6-10-14/h1-10H,11-12H2. The Labute approximate surface area is 101 Å². The van der Waals surface area contributed by atoms with Gasteiger partial charge in [-0.25, -0.2) is 0 Å². The zero-order valence-corrected chi connectivity index (χ0v) is 9.77. The van der Waals surface area contributed by atoms with Crippen LogP contribution in [0.15, 0.2) is 60.7 Å². The van der Waals surface area contributed by atoms with Crippen LogP contribution in [0.1, 0.15) is 0 Å². The summed E-state index contributed by atoms with van der Waals surface area (Å²) in [5.41, 5.74) is 2.35. The molecule has 2 aromatic rings. The lowest BCUT2D eigenvalue weighted by molar-refractivity contribution is 1.03. The van der Waals surface area contributed by atoms with Crippen LogP contribution in [-0.2, 0) is 0 Å². The third-order valence-electron chi connectivity index (χ3n) is 2.44. The van der Waals surface area contributed by atoms with Crippen LogP contribution in [0.2, 0.25) is 0 Å². The van der Waals surface area contributed by atoms with Crippen molar-refractivity contribution in [1.82, 2.24) is 0 Å². The monoisotopic (exact) mass is 231 g/mol. The molecule has 0 spiro atoms. The molecule has 2 rings (SSSR count). The van der Waals surface area contributed by atoms with E-state index in [4.69, 9.17) is 11.6 Å². The summed E-state index contributed by atoms with van der Waals surface area (Å²) in [5.74, 6) is 0.615. The van der Waals surface area contributed by atoms with Crippen molar-refractivity contribution in [3.63, 3.8) is 0 Å². The average Bonchev–Trinajstić information content (AvgIpc) is 2.38. The first-order valence-corrected chi connectivity index (χ1v) is 5.89. The van der Waals surface area contributed by atoms with Gasteiger partial charge in [-0.2, -0.15) is 0 Å². The van der Waals surface area contributed by atoms with Crippen LogP contribution < -0.4 is 4.90 Å². The molecule has 0 aliphatic heterocycles. The molecule has 0 fully saturated rings. The van der Waals surface area contributed by atoms with E-state index >= 15 is 0 Å². The molecular formula is C14H14ClN. The molecule has 1 nitrogen and oxygen atoms in total. The predicted molar refractivity (Wildman–Crippen MR) is 70.6 cm³/mol. The molecule has 0 N–H and O–H groups in total. The van der Waals surface area contributed by atoms with E-state index in [9.17, 15) is 0 Å². The van der Waals surface area contributed by atoms with E-state index in [0.29, 0.717) is 5.88 Å². The summed E-state index contributed by atoms with van der Waals surface area (Å²) in [6.07, 6.45) is 0. The number of benzene rings is 2. The molecule has 0 saturated heterocycles. The molecule has 0 atom stereocenters. The lowest BCUT2D eigenvalue weighted by Gasteiger charge is -2.23. The second-order valence-corrected chi connectivity index (χ2v) is 3.89. The van der Waals surface area contributed by atoms with Crippen molar-refractivity contribution in [2.24, 2.45) is 0 Å². The molecule has 0 radical (unpaired) electrons. The van der Waals surface area contributed by atoms with Gasteiger partial charge in [-0.15, -0.1) is 11.6 Å². The predicted octanol–water partition coefficient (Wildman–Crippen LogP) is 4.06. The van der Waals surface area contributed by atoms with Crippen molar-refractivity contribution >= 4 is 23.0 Å². The second kappa shape index (κ2) is 5.57. The van der Waals surface area contributed by atoms with Gasteiger partial charge in [-0.3, -0.25) is 0 Å². The van der Waals surface area contributed by atoms with Crippen molar-refractivity contribution in [3.8, 4) is 0 Å². The van der Waals surface area contributed by atoms with Gasteiger partial charge in [0, 0.05) is 23.8 Å². The molecule has 0 aliphatic rings. The molecule has 0 aromatic heterocycles. The maximum atomic E-state index is 5.85. The Morgan fingerprint density at radius 2 is 1.19 bits per heavy atom. The Bertz CT molecular complexity index is 374. The lowest BCUT2D eigenvalue weighted by atomic mass is 10.2. The number of hydrogen-bond donors (Lipinski definition) is 0. The fourth-order valence-electron chi connectivity index (χ4n) is 1.71. The number of halogens is 1. The van der Waals surface area contributed by atoms with E-state index < -0.39 is 0 Å². The van der Waals surface area contributed by atoms with Gasteiger partial charge in [-0.05, 0) is 24.3 Å². The Balaban J connectivity index is 2.31. The van der Waals surface area contributed by atoms with Crippen molar-refractivity contribution in [1.29, 1.82) is 0 Å². The first-order chi connectivity index (χ1) is 7.92. The van der Waals surface area contributed by atoms with E-state index in [-0.39, 0.29) is 0 Å². The minimum Gasteiger partial charge on any atom is -0.340 e. The van der Waals surface area contributed by atoms with Gasteiger partial charge in [0.1, 0.15) is 0 Å². The zero-order valence-electron chi connectivity index (χ0n) is 9.01. The van der Waals surface area contributed by atoms with Gasteiger partial charge in [0.25, 0.3) is 0 Å². The fourth-order valence-corrected chi connectivity index (χ4v) is 1.88. The number of hydrogen-bond acceptors (Lipinski definition) is 1. The van der Waals surface area contributed by atoms with Crippen LogP contribution in [0.25, 0.3) is 0 Å². The van der Waals surface area contributed by atoms with Crippen molar-refractivity contribution in [3.05, 3.63) is 60.7 Å². The summed E-state index contributed by atoms with van der Waals surface area (Å²) in [5, 5.41) is 0. The number of para-hydroxylation sites is 2. The van der Waals surface area contributed by atoms with Gasteiger partial charge < -0.3 is 4.90 Å². The summed E-state index contributed by atoms with van der Waals surface area (Å²) in [6, 6.07) is 20.6. The number of rotatable bonds is 4. The Morgan fingerprint density at radius 3 is 1.56 bits per heavy atom. The summed E-state index contributed by atoms with van der Waals surface area (Å²) < 4.78 is 0. The maximum Gasteiger partial charge on any atom is 0.0411 e. The molecule has 0 amide bonds. The minimum absolute atomic E-state index is 0.615. The molecule has 0 aliphatic carbocycles. The highest BCUT2D eigenvalue weighted by atomic mass is 35.5. The fraction of sp³-hybridized carbons (Fsp3) is 0.143. The molecule has 0 heterocycles. The molecule has 0 saturated carbocycles. The van der Waals surface area contributed by atoms with Gasteiger partial charge in [0.15, 0.2) is 0 Å². The van der Waals surface area contributed by atoms with Crippen LogP contribution >= 0.6 is 11.6 Å². The lowest BCUT2D eigenvalue weighted by Crippen LogP contribution is -2.19. The molecule has 0 unspecified atom stereocenters. The molecule has 2 heteroatoms. The SMILES string of the molecule is ClCCN(c1ccccc1)c1ccccc1. The van der Waals surface area contributed by atoms with Gasteiger partial charge in [0.2, 0.25) is 0 Å². The first kappa shape index (κ1) is 11.0. The number of nitrogens with zero attached hydrogens (tertiary/aromatic N) is 1. The number of alkyl halides is 1. The van der Waals surface area contributed by atoms with Gasteiger partial charge in [-0.1, -0.05) is 36.4 Å². The van der Waals surface area contributed by atoms with Crippen LogP contribution in [0.3, 0.4) is 0 Å². The highest BCUT2D eigenvalue weighted by Crippen LogP contribution is 2.24. The van der Waals surface area contributed by atoms with Crippen LogP contribution in [0.4, 0.5) is 11.4 Å². The van der Waals surface area contributed by atoms with Crippen LogP contribution in [-0.4, -0.2) is 12.4 Å². The minimum atomic E-state index is 0.615. The second-order valence-electron chi connectivity index (χ2n) is 3.51. The van der Waals surface area contributed by atoms with Crippen molar-refractivity contribution < 1.29 is 0 Å². The zero-order chi connectivity index (χ0) is 11.2. The summed E-state index contributed by atoms with van der Waals surface area (Å²) in [6.45, 7) is 0.815. The average molecular weight is 232 g/mol. The normalized spacial score (nSPS) is 10.1. The third-order valence-corrected chi connectivity index (χ3v) is 2.61. The Hall–Kier alpha value is -1.47. The molecule has 82 valence electrons. The van der Waals surface area contributed by atoms with Crippen molar-refractivity contribution in [2.45, 2.75) is 0 Å². The Morgan fingerprint density at radius 1 is 0.750 bits per heavy atom. The summed E-state index contributed by atoms with van der Waals surface area (Å²) >= 11 is 5.85. The quantitative estimate of drug-likeness (QED) is 0.718. The molecular weight excluding hydrogens is 218 g/mol. The number of anilines is 2. The largest absolute Gasteiger partial charge is 0.340 e. The topological polar surface area (TPSA) is 3.24 Å².